The van der Waals surface area contributed by atoms with Gasteiger partial charge in [-0.2, -0.15) is 15.0 Å². The second-order valence-corrected chi connectivity index (χ2v) is 3.85. The second kappa shape index (κ2) is 6.03. The first-order valence-corrected chi connectivity index (χ1v) is 5.79. The zero-order valence-corrected chi connectivity index (χ0v) is 9.73. The van der Waals surface area contributed by atoms with E-state index in [0.717, 1.165) is 12.2 Å². The SMILES string of the molecule is CCCSc1nc(Cl)nc(OCC)n1. The fraction of sp³-hybridized carbons (Fsp3) is 0.625. The van der Waals surface area contributed by atoms with Crippen LogP contribution >= 0.6 is 23.4 Å². The van der Waals surface area contributed by atoms with Crippen molar-refractivity contribution < 1.29 is 4.74 Å². The van der Waals surface area contributed by atoms with E-state index in [1.165, 1.54) is 0 Å². The molecular weight excluding hydrogens is 222 g/mol. The second-order valence-electron chi connectivity index (χ2n) is 2.45. The first kappa shape index (κ1) is 11.5. The van der Waals surface area contributed by atoms with E-state index in [9.17, 15) is 0 Å². The van der Waals surface area contributed by atoms with Gasteiger partial charge in [0, 0.05) is 5.75 Å². The van der Waals surface area contributed by atoms with E-state index >= 15 is 0 Å². The fourth-order valence-corrected chi connectivity index (χ4v) is 1.65. The van der Waals surface area contributed by atoms with E-state index < -0.39 is 0 Å². The van der Waals surface area contributed by atoms with Gasteiger partial charge in [-0.25, -0.2) is 0 Å². The standard InChI is InChI=1S/C8H12ClN3OS/c1-3-5-14-8-11-6(9)10-7(12-8)13-4-2/h3-5H2,1-2H3. The molecule has 78 valence electrons. The van der Waals surface area contributed by atoms with Crippen LogP contribution in [-0.4, -0.2) is 27.3 Å². The van der Waals surface area contributed by atoms with Gasteiger partial charge in [-0.05, 0) is 24.9 Å². The number of aromatic nitrogens is 3. The van der Waals surface area contributed by atoms with Crippen LogP contribution in [0, 0.1) is 0 Å². The molecule has 0 N–H and O–H groups in total. The minimum Gasteiger partial charge on any atom is -0.464 e. The molecule has 1 aromatic heterocycles. The maximum absolute atomic E-state index is 5.71. The molecule has 14 heavy (non-hydrogen) atoms. The van der Waals surface area contributed by atoms with Crippen LogP contribution in [0.15, 0.2) is 5.16 Å². The van der Waals surface area contributed by atoms with Gasteiger partial charge in [-0.1, -0.05) is 18.7 Å². The summed E-state index contributed by atoms with van der Waals surface area (Å²) in [6.07, 6.45) is 1.07. The molecule has 0 aromatic carbocycles. The molecule has 0 bridgehead atoms. The van der Waals surface area contributed by atoms with Crippen molar-refractivity contribution in [1.82, 2.24) is 15.0 Å². The van der Waals surface area contributed by atoms with Gasteiger partial charge < -0.3 is 4.74 Å². The Labute approximate surface area is 92.5 Å². The topological polar surface area (TPSA) is 47.9 Å². The van der Waals surface area contributed by atoms with E-state index in [1.807, 2.05) is 6.92 Å². The highest BCUT2D eigenvalue weighted by atomic mass is 35.5. The summed E-state index contributed by atoms with van der Waals surface area (Å²) in [7, 11) is 0. The molecule has 0 radical (unpaired) electrons. The predicted octanol–water partition coefficient (Wildman–Crippen LogP) is 2.43. The van der Waals surface area contributed by atoms with Crippen molar-refractivity contribution in [2.75, 3.05) is 12.4 Å². The summed E-state index contributed by atoms with van der Waals surface area (Å²) >= 11 is 7.26. The van der Waals surface area contributed by atoms with Crippen LogP contribution in [-0.2, 0) is 0 Å². The number of hydrogen-bond acceptors (Lipinski definition) is 5. The molecule has 0 fully saturated rings. The van der Waals surface area contributed by atoms with E-state index in [-0.39, 0.29) is 5.28 Å². The normalized spacial score (nSPS) is 10.2. The molecule has 6 heteroatoms. The average Bonchev–Trinajstić information content (AvgIpc) is 2.14. The Morgan fingerprint density at radius 3 is 2.71 bits per heavy atom. The molecule has 0 amide bonds. The molecule has 0 aliphatic rings. The van der Waals surface area contributed by atoms with E-state index in [4.69, 9.17) is 16.3 Å². The van der Waals surface area contributed by atoms with Crippen LogP contribution in [0.25, 0.3) is 0 Å². The molecule has 0 spiro atoms. The minimum absolute atomic E-state index is 0.182. The summed E-state index contributed by atoms with van der Waals surface area (Å²) in [6.45, 7) is 4.49. The van der Waals surface area contributed by atoms with Crippen LogP contribution in [0.4, 0.5) is 0 Å². The third kappa shape index (κ3) is 3.67. The molecule has 4 nitrogen and oxygen atoms in total. The number of ether oxygens (including phenoxy) is 1. The Morgan fingerprint density at radius 2 is 2.07 bits per heavy atom. The molecule has 0 atom stereocenters. The predicted molar refractivity (Wildman–Crippen MR) is 57.0 cm³/mol. The summed E-state index contributed by atoms with van der Waals surface area (Å²) in [5, 5.41) is 0.803. The van der Waals surface area contributed by atoms with Crippen molar-refractivity contribution in [2.45, 2.75) is 25.4 Å². The van der Waals surface area contributed by atoms with Crippen molar-refractivity contribution in [3.63, 3.8) is 0 Å². The van der Waals surface area contributed by atoms with E-state index in [0.29, 0.717) is 17.8 Å². The summed E-state index contributed by atoms with van der Waals surface area (Å²) in [5.74, 6) is 0.964. The lowest BCUT2D eigenvalue weighted by Crippen LogP contribution is -2.00. The number of halogens is 1. The lowest BCUT2D eigenvalue weighted by Gasteiger charge is -2.02. The van der Waals surface area contributed by atoms with Crippen molar-refractivity contribution in [1.29, 1.82) is 0 Å². The average molecular weight is 234 g/mol. The summed E-state index contributed by atoms with van der Waals surface area (Å²) in [5.41, 5.74) is 0. The number of hydrogen-bond donors (Lipinski definition) is 0. The third-order valence-electron chi connectivity index (χ3n) is 1.28. The Balaban J connectivity index is 2.73. The molecular formula is C8H12ClN3OS. The Kier molecular flexibility index (Phi) is 4.97. The number of nitrogens with zero attached hydrogens (tertiary/aromatic N) is 3. The highest BCUT2D eigenvalue weighted by Crippen LogP contribution is 2.17. The van der Waals surface area contributed by atoms with Gasteiger partial charge in [-0.15, -0.1) is 0 Å². The lowest BCUT2D eigenvalue weighted by atomic mass is 10.6. The Bertz CT molecular complexity index is 298. The van der Waals surface area contributed by atoms with Crippen LogP contribution in [0.1, 0.15) is 20.3 Å². The Morgan fingerprint density at radius 1 is 1.29 bits per heavy atom. The highest BCUT2D eigenvalue weighted by Gasteiger charge is 2.05. The Hall–Kier alpha value is -0.550. The maximum atomic E-state index is 5.71. The minimum atomic E-state index is 0.182. The molecule has 0 aliphatic heterocycles. The van der Waals surface area contributed by atoms with Crippen LogP contribution in [0.5, 0.6) is 6.01 Å². The smallest absolute Gasteiger partial charge is 0.321 e. The fourth-order valence-electron chi connectivity index (χ4n) is 0.766. The van der Waals surface area contributed by atoms with Crippen LogP contribution in [0.2, 0.25) is 5.28 Å². The number of rotatable bonds is 5. The molecule has 1 aromatic rings. The molecule has 1 heterocycles. The maximum Gasteiger partial charge on any atom is 0.321 e. The van der Waals surface area contributed by atoms with Gasteiger partial charge in [-0.3, -0.25) is 0 Å². The van der Waals surface area contributed by atoms with Crippen molar-refractivity contribution in [3.05, 3.63) is 5.28 Å². The zero-order valence-electron chi connectivity index (χ0n) is 8.16. The molecule has 0 saturated heterocycles. The first-order valence-electron chi connectivity index (χ1n) is 4.43. The van der Waals surface area contributed by atoms with Gasteiger partial charge in [0.05, 0.1) is 6.61 Å². The molecule has 1 rings (SSSR count). The van der Waals surface area contributed by atoms with Gasteiger partial charge in [0.25, 0.3) is 0 Å². The third-order valence-corrected chi connectivity index (χ3v) is 2.50. The summed E-state index contributed by atoms with van der Waals surface area (Å²) in [4.78, 5) is 11.9. The van der Waals surface area contributed by atoms with E-state index in [1.54, 1.807) is 11.8 Å². The number of thioether (sulfide) groups is 1. The quantitative estimate of drug-likeness (QED) is 0.731. The van der Waals surface area contributed by atoms with Crippen molar-refractivity contribution in [3.8, 4) is 6.01 Å². The van der Waals surface area contributed by atoms with Gasteiger partial charge >= 0.3 is 6.01 Å². The lowest BCUT2D eigenvalue weighted by molar-refractivity contribution is 0.307. The van der Waals surface area contributed by atoms with Gasteiger partial charge in [0.1, 0.15) is 0 Å². The summed E-state index contributed by atoms with van der Waals surface area (Å²) in [6, 6.07) is 0.297. The first-order chi connectivity index (χ1) is 6.76. The van der Waals surface area contributed by atoms with E-state index in [2.05, 4.69) is 21.9 Å². The van der Waals surface area contributed by atoms with Crippen LogP contribution in [0.3, 0.4) is 0 Å². The zero-order chi connectivity index (χ0) is 10.4. The van der Waals surface area contributed by atoms with Crippen molar-refractivity contribution in [2.24, 2.45) is 0 Å². The molecule has 0 saturated carbocycles. The van der Waals surface area contributed by atoms with Crippen LogP contribution < -0.4 is 4.74 Å². The monoisotopic (exact) mass is 233 g/mol. The molecule has 0 aliphatic carbocycles. The van der Waals surface area contributed by atoms with Gasteiger partial charge in [0.15, 0.2) is 5.16 Å². The molecule has 0 unspecified atom stereocenters. The highest BCUT2D eigenvalue weighted by molar-refractivity contribution is 7.99. The van der Waals surface area contributed by atoms with Crippen molar-refractivity contribution >= 4 is 23.4 Å². The summed E-state index contributed by atoms with van der Waals surface area (Å²) < 4.78 is 5.15. The largest absolute Gasteiger partial charge is 0.464 e. The van der Waals surface area contributed by atoms with Gasteiger partial charge in [0.2, 0.25) is 5.28 Å².